The van der Waals surface area contributed by atoms with Crippen molar-refractivity contribution in [2.24, 2.45) is 4.99 Å². The largest absolute Gasteiger partial charge is 0.382 e. The number of aliphatic imine (C=N–C) groups is 1. The number of nitrogens with one attached hydrogen (secondary N) is 2. The van der Waals surface area contributed by atoms with Gasteiger partial charge in [0.15, 0.2) is 5.96 Å². The summed E-state index contributed by atoms with van der Waals surface area (Å²) >= 11 is 0. The Balaban J connectivity index is 1.71. The van der Waals surface area contributed by atoms with Crippen molar-refractivity contribution < 1.29 is 4.74 Å². The molecule has 2 N–H and O–H groups in total. The number of benzene rings is 1. The lowest BCUT2D eigenvalue weighted by molar-refractivity contribution is 0.146. The number of hydrogen-bond acceptors (Lipinski definition) is 3. The van der Waals surface area contributed by atoms with E-state index in [0.29, 0.717) is 6.04 Å². The van der Waals surface area contributed by atoms with Crippen LogP contribution in [0.3, 0.4) is 0 Å². The van der Waals surface area contributed by atoms with E-state index in [-0.39, 0.29) is 0 Å². The van der Waals surface area contributed by atoms with Gasteiger partial charge in [0, 0.05) is 52.0 Å². The fraction of sp³-hybridized carbons (Fsp3) is 0.650. The molecule has 0 amide bonds. The molecule has 0 spiro atoms. The summed E-state index contributed by atoms with van der Waals surface area (Å²) in [6.45, 7) is 10.7. The van der Waals surface area contributed by atoms with Crippen molar-refractivity contribution in [3.8, 4) is 0 Å². The predicted octanol–water partition coefficient (Wildman–Crippen LogP) is 2.63. The van der Waals surface area contributed by atoms with E-state index in [1.165, 1.54) is 5.56 Å². The normalized spacial score (nSPS) is 16.8. The zero-order chi connectivity index (χ0) is 17.7. The summed E-state index contributed by atoms with van der Waals surface area (Å²) in [5, 5.41) is 6.96. The zero-order valence-electron chi connectivity index (χ0n) is 15.8. The van der Waals surface area contributed by atoms with Crippen molar-refractivity contribution in [2.75, 3.05) is 39.4 Å². The van der Waals surface area contributed by atoms with Gasteiger partial charge in [-0.15, -0.1) is 0 Å². The highest BCUT2D eigenvalue weighted by atomic mass is 16.5. The summed E-state index contributed by atoms with van der Waals surface area (Å²) in [4.78, 5) is 7.21. The van der Waals surface area contributed by atoms with Crippen LogP contribution in [0, 0.1) is 0 Å². The molecule has 1 aromatic carbocycles. The SMILES string of the molecule is CCNC(=NCCCOCC)NC1CCN(Cc2ccccc2)CC1. The molecule has 5 heteroatoms. The quantitative estimate of drug-likeness (QED) is 0.410. The molecule has 2 rings (SSSR count). The third-order valence-electron chi connectivity index (χ3n) is 4.44. The molecule has 0 unspecified atom stereocenters. The molecule has 1 fully saturated rings. The van der Waals surface area contributed by atoms with Gasteiger partial charge in [-0.25, -0.2) is 0 Å². The van der Waals surface area contributed by atoms with Gasteiger partial charge in [-0.3, -0.25) is 9.89 Å². The maximum Gasteiger partial charge on any atom is 0.191 e. The Morgan fingerprint density at radius 1 is 1.20 bits per heavy atom. The first-order valence-corrected chi connectivity index (χ1v) is 9.70. The molecule has 25 heavy (non-hydrogen) atoms. The maximum atomic E-state index is 5.37. The van der Waals surface area contributed by atoms with Crippen LogP contribution in [0.25, 0.3) is 0 Å². The fourth-order valence-electron chi connectivity index (χ4n) is 3.09. The van der Waals surface area contributed by atoms with Gasteiger partial charge in [0.05, 0.1) is 0 Å². The third kappa shape index (κ3) is 7.88. The summed E-state index contributed by atoms with van der Waals surface area (Å²) in [5.41, 5.74) is 1.40. The van der Waals surface area contributed by atoms with Crippen LogP contribution >= 0.6 is 0 Å². The standard InChI is InChI=1S/C20H34N4O/c1-3-21-20(22-13-8-16-25-4-2)23-19-11-14-24(15-12-19)17-18-9-6-5-7-10-18/h5-7,9-10,19H,3-4,8,11-17H2,1-2H3,(H2,21,22,23). The van der Waals surface area contributed by atoms with Crippen LogP contribution in [-0.2, 0) is 11.3 Å². The molecule has 140 valence electrons. The lowest BCUT2D eigenvalue weighted by Crippen LogP contribution is -2.48. The number of hydrogen-bond donors (Lipinski definition) is 2. The number of guanidine groups is 1. The van der Waals surface area contributed by atoms with E-state index in [4.69, 9.17) is 4.74 Å². The summed E-state index contributed by atoms with van der Waals surface area (Å²) in [5.74, 6) is 0.945. The van der Waals surface area contributed by atoms with E-state index < -0.39 is 0 Å². The zero-order valence-corrected chi connectivity index (χ0v) is 15.8. The summed E-state index contributed by atoms with van der Waals surface area (Å²) in [7, 11) is 0. The topological polar surface area (TPSA) is 48.9 Å². The summed E-state index contributed by atoms with van der Waals surface area (Å²) in [6, 6.07) is 11.3. The molecule has 0 bridgehead atoms. The summed E-state index contributed by atoms with van der Waals surface area (Å²) < 4.78 is 5.37. The first-order chi connectivity index (χ1) is 12.3. The van der Waals surface area contributed by atoms with Crippen LogP contribution in [0.5, 0.6) is 0 Å². The molecule has 1 aliphatic rings. The minimum absolute atomic E-state index is 0.511. The Morgan fingerprint density at radius 3 is 2.64 bits per heavy atom. The van der Waals surface area contributed by atoms with Crippen molar-refractivity contribution in [3.63, 3.8) is 0 Å². The minimum atomic E-state index is 0.511. The van der Waals surface area contributed by atoms with Crippen LogP contribution < -0.4 is 10.6 Å². The Morgan fingerprint density at radius 2 is 1.96 bits per heavy atom. The average Bonchev–Trinajstić information content (AvgIpc) is 2.64. The van der Waals surface area contributed by atoms with Crippen LogP contribution in [0.4, 0.5) is 0 Å². The van der Waals surface area contributed by atoms with Gasteiger partial charge in [0.25, 0.3) is 0 Å². The van der Waals surface area contributed by atoms with Crippen molar-refractivity contribution in [3.05, 3.63) is 35.9 Å². The Labute approximate surface area is 152 Å². The van der Waals surface area contributed by atoms with Gasteiger partial charge in [0.2, 0.25) is 0 Å². The lowest BCUT2D eigenvalue weighted by atomic mass is 10.0. The molecule has 5 nitrogen and oxygen atoms in total. The van der Waals surface area contributed by atoms with E-state index >= 15 is 0 Å². The molecule has 1 heterocycles. The van der Waals surface area contributed by atoms with Crippen molar-refractivity contribution in [1.82, 2.24) is 15.5 Å². The maximum absolute atomic E-state index is 5.37. The van der Waals surface area contributed by atoms with Gasteiger partial charge >= 0.3 is 0 Å². The van der Waals surface area contributed by atoms with Crippen LogP contribution in [-0.4, -0.2) is 56.3 Å². The second-order valence-corrected chi connectivity index (χ2v) is 6.49. The van der Waals surface area contributed by atoms with Crippen molar-refractivity contribution >= 4 is 5.96 Å². The smallest absolute Gasteiger partial charge is 0.191 e. The van der Waals surface area contributed by atoms with Crippen molar-refractivity contribution in [1.29, 1.82) is 0 Å². The molecule has 0 radical (unpaired) electrons. The fourth-order valence-corrected chi connectivity index (χ4v) is 3.09. The van der Waals surface area contributed by atoms with Gasteiger partial charge in [-0.1, -0.05) is 30.3 Å². The predicted molar refractivity (Wildman–Crippen MR) is 105 cm³/mol. The highest BCUT2D eigenvalue weighted by Gasteiger charge is 2.19. The number of likely N-dealkylation sites (tertiary alicyclic amines) is 1. The molecular weight excluding hydrogens is 312 g/mol. The van der Waals surface area contributed by atoms with E-state index in [0.717, 1.165) is 71.2 Å². The average molecular weight is 347 g/mol. The number of ether oxygens (including phenoxy) is 1. The first-order valence-electron chi connectivity index (χ1n) is 9.70. The van der Waals surface area contributed by atoms with Crippen LogP contribution in [0.15, 0.2) is 35.3 Å². The molecule has 0 atom stereocenters. The van der Waals surface area contributed by atoms with Gasteiger partial charge in [-0.05, 0) is 38.7 Å². The molecular formula is C20H34N4O. The van der Waals surface area contributed by atoms with E-state index in [1.54, 1.807) is 0 Å². The van der Waals surface area contributed by atoms with Crippen LogP contribution in [0.1, 0.15) is 38.7 Å². The summed E-state index contributed by atoms with van der Waals surface area (Å²) in [6.07, 6.45) is 3.30. The Bertz CT molecular complexity index is 484. The number of nitrogens with zero attached hydrogens (tertiary/aromatic N) is 2. The number of rotatable bonds is 9. The van der Waals surface area contributed by atoms with Crippen LogP contribution in [0.2, 0.25) is 0 Å². The van der Waals surface area contributed by atoms with E-state index in [1.807, 2.05) is 6.92 Å². The van der Waals surface area contributed by atoms with Crippen molar-refractivity contribution in [2.45, 2.75) is 45.7 Å². The minimum Gasteiger partial charge on any atom is -0.382 e. The molecule has 0 aliphatic carbocycles. The molecule has 0 aromatic heterocycles. The highest BCUT2D eigenvalue weighted by Crippen LogP contribution is 2.13. The first kappa shape index (κ1) is 19.7. The molecule has 1 aromatic rings. The number of piperidine rings is 1. The molecule has 1 aliphatic heterocycles. The molecule has 1 saturated heterocycles. The van der Waals surface area contributed by atoms with E-state index in [2.05, 4.69) is 57.8 Å². The second-order valence-electron chi connectivity index (χ2n) is 6.49. The third-order valence-corrected chi connectivity index (χ3v) is 4.44. The van der Waals surface area contributed by atoms with Gasteiger partial charge in [-0.2, -0.15) is 0 Å². The lowest BCUT2D eigenvalue weighted by Gasteiger charge is -2.33. The Hall–Kier alpha value is -1.59. The van der Waals surface area contributed by atoms with Gasteiger partial charge < -0.3 is 15.4 Å². The molecule has 0 saturated carbocycles. The monoisotopic (exact) mass is 346 g/mol. The Kier molecular flexibility index (Phi) is 9.37. The van der Waals surface area contributed by atoms with E-state index in [9.17, 15) is 0 Å². The highest BCUT2D eigenvalue weighted by molar-refractivity contribution is 5.80. The van der Waals surface area contributed by atoms with Gasteiger partial charge in [0.1, 0.15) is 0 Å². The second kappa shape index (κ2) is 11.9.